The van der Waals surface area contributed by atoms with Gasteiger partial charge in [-0.2, -0.15) is 0 Å². The molecule has 18 heavy (non-hydrogen) atoms. The normalized spacial score (nSPS) is 12.3. The maximum absolute atomic E-state index is 12.0. The zero-order valence-electron chi connectivity index (χ0n) is 10.3. The largest absolute Gasteiger partial charge is 0.388 e. The Morgan fingerprint density at radius 3 is 2.72 bits per heavy atom. The number of aryl methyl sites for hydroxylation is 1. The number of rotatable bonds is 5. The van der Waals surface area contributed by atoms with Gasteiger partial charge in [0.25, 0.3) is 0 Å². The van der Waals surface area contributed by atoms with Gasteiger partial charge in [0.1, 0.15) is 0 Å². The molecular weight excluding hydrogens is 244 g/mol. The van der Waals surface area contributed by atoms with Gasteiger partial charge in [0.05, 0.1) is 6.10 Å². The van der Waals surface area contributed by atoms with Crippen molar-refractivity contribution in [3.05, 3.63) is 57.8 Å². The number of carbonyl (C=O) groups excluding carboxylic acids is 1. The van der Waals surface area contributed by atoms with Crippen LogP contribution in [0.2, 0.25) is 0 Å². The van der Waals surface area contributed by atoms with Gasteiger partial charge in [0, 0.05) is 16.9 Å². The van der Waals surface area contributed by atoms with Crippen LogP contribution in [-0.2, 0) is 0 Å². The molecule has 0 spiro atoms. The van der Waals surface area contributed by atoms with E-state index < -0.39 is 6.10 Å². The highest BCUT2D eigenvalue weighted by Gasteiger charge is 2.13. The summed E-state index contributed by atoms with van der Waals surface area (Å²) >= 11 is 1.52. The van der Waals surface area contributed by atoms with Gasteiger partial charge in [-0.15, -0.1) is 11.3 Å². The van der Waals surface area contributed by atoms with Crippen molar-refractivity contribution < 1.29 is 9.90 Å². The molecule has 1 aromatic carbocycles. The lowest BCUT2D eigenvalue weighted by molar-refractivity contribution is 0.0942. The van der Waals surface area contributed by atoms with E-state index in [9.17, 15) is 9.90 Å². The third kappa shape index (κ3) is 3.06. The van der Waals surface area contributed by atoms with E-state index >= 15 is 0 Å². The lowest BCUT2D eigenvalue weighted by atomic mass is 10.00. The van der Waals surface area contributed by atoms with Crippen molar-refractivity contribution in [3.8, 4) is 0 Å². The van der Waals surface area contributed by atoms with E-state index in [1.54, 1.807) is 0 Å². The van der Waals surface area contributed by atoms with Crippen LogP contribution >= 0.6 is 11.3 Å². The Balaban J connectivity index is 1.95. The number of thiophene rings is 1. The van der Waals surface area contributed by atoms with E-state index in [0.29, 0.717) is 12.8 Å². The van der Waals surface area contributed by atoms with Gasteiger partial charge >= 0.3 is 0 Å². The van der Waals surface area contributed by atoms with Crippen molar-refractivity contribution in [2.24, 2.45) is 0 Å². The first-order valence-electron chi connectivity index (χ1n) is 5.99. The van der Waals surface area contributed by atoms with Gasteiger partial charge in [-0.05, 0) is 30.4 Å². The highest BCUT2D eigenvalue weighted by Crippen LogP contribution is 2.24. The van der Waals surface area contributed by atoms with E-state index in [1.807, 2.05) is 48.7 Å². The average molecular weight is 260 g/mol. The summed E-state index contributed by atoms with van der Waals surface area (Å²) in [5, 5.41) is 11.9. The van der Waals surface area contributed by atoms with E-state index in [1.165, 1.54) is 11.3 Å². The van der Waals surface area contributed by atoms with Crippen LogP contribution in [0.4, 0.5) is 0 Å². The minimum absolute atomic E-state index is 0.101. The summed E-state index contributed by atoms with van der Waals surface area (Å²) in [6.07, 6.45) is 0.329. The molecule has 0 aliphatic carbocycles. The molecule has 2 rings (SSSR count). The van der Waals surface area contributed by atoms with Gasteiger partial charge in [0.15, 0.2) is 5.78 Å². The van der Waals surface area contributed by atoms with Crippen LogP contribution in [0.25, 0.3) is 0 Å². The minimum atomic E-state index is -0.530. The maximum atomic E-state index is 12.0. The molecule has 1 atom stereocenters. The van der Waals surface area contributed by atoms with E-state index in [2.05, 4.69) is 0 Å². The van der Waals surface area contributed by atoms with Crippen LogP contribution in [0.3, 0.4) is 0 Å². The quantitative estimate of drug-likeness (QED) is 0.831. The van der Waals surface area contributed by atoms with Crippen LogP contribution in [0, 0.1) is 6.92 Å². The SMILES string of the molecule is Cc1ccccc1C(=O)CCC(O)c1cccs1. The molecule has 0 fully saturated rings. The van der Waals surface area contributed by atoms with Gasteiger partial charge in [-0.25, -0.2) is 0 Å². The Kier molecular flexibility index (Phi) is 4.28. The monoisotopic (exact) mass is 260 g/mol. The van der Waals surface area contributed by atoms with Crippen molar-refractivity contribution in [2.45, 2.75) is 25.9 Å². The number of aliphatic hydroxyl groups excluding tert-OH is 1. The average Bonchev–Trinajstić information content (AvgIpc) is 2.90. The number of hydrogen-bond donors (Lipinski definition) is 1. The van der Waals surface area contributed by atoms with E-state index in [4.69, 9.17) is 0 Å². The first kappa shape index (κ1) is 13.0. The topological polar surface area (TPSA) is 37.3 Å². The second-order valence-electron chi connectivity index (χ2n) is 4.31. The van der Waals surface area contributed by atoms with Crippen LogP contribution < -0.4 is 0 Å². The third-order valence-electron chi connectivity index (χ3n) is 2.96. The molecule has 0 bridgehead atoms. The van der Waals surface area contributed by atoms with Gasteiger partial charge in [-0.3, -0.25) is 4.79 Å². The summed E-state index contributed by atoms with van der Waals surface area (Å²) in [5.74, 6) is 0.101. The Labute approximate surface area is 111 Å². The van der Waals surface area contributed by atoms with Crippen LogP contribution in [0.5, 0.6) is 0 Å². The summed E-state index contributed by atoms with van der Waals surface area (Å²) in [4.78, 5) is 13.0. The summed E-state index contributed by atoms with van der Waals surface area (Å²) in [6, 6.07) is 11.4. The number of carbonyl (C=O) groups is 1. The Bertz CT molecular complexity index is 517. The molecule has 2 aromatic rings. The molecule has 94 valence electrons. The number of hydrogen-bond acceptors (Lipinski definition) is 3. The molecule has 1 heterocycles. The number of Topliss-reactive ketones (excluding diaryl/α,β-unsaturated/α-hetero) is 1. The third-order valence-corrected chi connectivity index (χ3v) is 3.94. The summed E-state index contributed by atoms with van der Waals surface area (Å²) in [5.41, 5.74) is 1.75. The second-order valence-corrected chi connectivity index (χ2v) is 5.29. The Morgan fingerprint density at radius 1 is 1.28 bits per heavy atom. The molecule has 0 amide bonds. The highest BCUT2D eigenvalue weighted by molar-refractivity contribution is 7.10. The molecule has 1 unspecified atom stereocenters. The first-order valence-corrected chi connectivity index (χ1v) is 6.86. The number of benzene rings is 1. The Hall–Kier alpha value is -1.45. The number of aliphatic hydroxyl groups is 1. The van der Waals surface area contributed by atoms with Crippen molar-refractivity contribution in [3.63, 3.8) is 0 Å². The summed E-state index contributed by atoms with van der Waals surface area (Å²) in [6.45, 7) is 1.93. The lowest BCUT2D eigenvalue weighted by Gasteiger charge is -2.08. The lowest BCUT2D eigenvalue weighted by Crippen LogP contribution is -2.04. The zero-order chi connectivity index (χ0) is 13.0. The molecule has 0 aliphatic rings. The smallest absolute Gasteiger partial charge is 0.163 e. The summed E-state index contributed by atoms with van der Waals surface area (Å²) < 4.78 is 0. The fraction of sp³-hybridized carbons (Fsp3) is 0.267. The van der Waals surface area contributed by atoms with Crippen molar-refractivity contribution in [2.75, 3.05) is 0 Å². The number of ketones is 1. The molecule has 1 aromatic heterocycles. The van der Waals surface area contributed by atoms with E-state index in [-0.39, 0.29) is 5.78 Å². The van der Waals surface area contributed by atoms with Gasteiger partial charge in [0.2, 0.25) is 0 Å². The molecule has 0 radical (unpaired) electrons. The molecule has 0 aliphatic heterocycles. The fourth-order valence-corrected chi connectivity index (χ4v) is 2.66. The predicted octanol–water partition coefficient (Wildman–Crippen LogP) is 3.75. The summed E-state index contributed by atoms with van der Waals surface area (Å²) in [7, 11) is 0. The van der Waals surface area contributed by atoms with E-state index in [0.717, 1.165) is 16.0 Å². The van der Waals surface area contributed by atoms with Crippen LogP contribution in [0.1, 0.15) is 39.7 Å². The zero-order valence-corrected chi connectivity index (χ0v) is 11.1. The van der Waals surface area contributed by atoms with Crippen molar-refractivity contribution in [1.29, 1.82) is 0 Å². The highest BCUT2D eigenvalue weighted by atomic mass is 32.1. The van der Waals surface area contributed by atoms with Gasteiger partial charge in [-0.1, -0.05) is 30.3 Å². The molecule has 3 heteroatoms. The minimum Gasteiger partial charge on any atom is -0.388 e. The van der Waals surface area contributed by atoms with Crippen molar-refractivity contribution in [1.82, 2.24) is 0 Å². The molecule has 0 saturated carbocycles. The van der Waals surface area contributed by atoms with Crippen LogP contribution in [-0.4, -0.2) is 10.9 Å². The maximum Gasteiger partial charge on any atom is 0.163 e. The fourth-order valence-electron chi connectivity index (χ4n) is 1.91. The molecular formula is C15H16O2S. The predicted molar refractivity (Wildman–Crippen MR) is 74.0 cm³/mol. The Morgan fingerprint density at radius 2 is 2.06 bits per heavy atom. The second kappa shape index (κ2) is 5.94. The molecule has 2 nitrogen and oxygen atoms in total. The first-order chi connectivity index (χ1) is 8.68. The standard InChI is InChI=1S/C15H16O2S/c1-11-5-2-3-6-12(11)13(16)8-9-14(17)15-7-4-10-18-15/h2-7,10,14,17H,8-9H2,1H3. The van der Waals surface area contributed by atoms with Crippen molar-refractivity contribution >= 4 is 17.1 Å². The van der Waals surface area contributed by atoms with Crippen LogP contribution in [0.15, 0.2) is 41.8 Å². The molecule has 0 saturated heterocycles. The molecule has 1 N–H and O–H groups in total. The van der Waals surface area contributed by atoms with Gasteiger partial charge < -0.3 is 5.11 Å².